The third-order valence-electron chi connectivity index (χ3n) is 3.91. The highest BCUT2D eigenvalue weighted by Crippen LogP contribution is 2.29. The van der Waals surface area contributed by atoms with Gasteiger partial charge in [0.2, 0.25) is 0 Å². The second kappa shape index (κ2) is 9.11. The van der Waals surface area contributed by atoms with Gasteiger partial charge in [0.1, 0.15) is 0 Å². The van der Waals surface area contributed by atoms with Crippen LogP contribution in [0.15, 0.2) is 18.2 Å². The fourth-order valence-electron chi connectivity index (χ4n) is 2.79. The van der Waals surface area contributed by atoms with Crippen molar-refractivity contribution in [3.05, 3.63) is 23.2 Å². The molecular weight excluding hydrogens is 330 g/mol. The summed E-state index contributed by atoms with van der Waals surface area (Å²) in [6.07, 6.45) is 0.280. The Labute approximate surface area is 148 Å². The molecule has 1 aliphatic heterocycles. The summed E-state index contributed by atoms with van der Waals surface area (Å²) in [5.74, 6) is 0.203. The Morgan fingerprint density at radius 1 is 1.38 bits per heavy atom. The standard InChI is InChI=1S/C17H26ClN3O3/c1-12(9-13(2)22)11-19-17(23)20-15-10-14(18)3-4-16(15)21-5-7-24-8-6-21/h3-4,10,12-13,22H,5-9,11H2,1-2H3,(H2,19,20,23). The number of urea groups is 1. The topological polar surface area (TPSA) is 73.8 Å². The predicted molar refractivity (Wildman–Crippen MR) is 97.0 cm³/mol. The number of morpholine rings is 1. The zero-order valence-corrected chi connectivity index (χ0v) is 15.0. The number of ether oxygens (including phenoxy) is 1. The van der Waals surface area contributed by atoms with Crippen molar-refractivity contribution in [2.24, 2.45) is 5.92 Å². The summed E-state index contributed by atoms with van der Waals surface area (Å²) >= 11 is 6.08. The first kappa shape index (κ1) is 18.8. The summed E-state index contributed by atoms with van der Waals surface area (Å²) in [5, 5.41) is 15.7. The Bertz CT molecular complexity index is 548. The van der Waals surface area contributed by atoms with E-state index in [0.29, 0.717) is 36.9 Å². The summed E-state index contributed by atoms with van der Waals surface area (Å²) < 4.78 is 5.37. The first-order chi connectivity index (χ1) is 11.5. The van der Waals surface area contributed by atoms with Gasteiger partial charge in [-0.25, -0.2) is 4.79 Å². The van der Waals surface area contributed by atoms with Crippen LogP contribution in [0.2, 0.25) is 5.02 Å². The second-order valence-electron chi connectivity index (χ2n) is 6.29. The van der Waals surface area contributed by atoms with Crippen LogP contribution >= 0.6 is 11.6 Å². The van der Waals surface area contributed by atoms with E-state index in [1.807, 2.05) is 19.1 Å². The first-order valence-electron chi connectivity index (χ1n) is 8.31. The monoisotopic (exact) mass is 355 g/mol. The molecule has 0 aromatic heterocycles. The number of rotatable bonds is 6. The number of halogens is 1. The Morgan fingerprint density at radius 2 is 2.08 bits per heavy atom. The molecule has 2 atom stereocenters. The van der Waals surface area contributed by atoms with Crippen LogP contribution in [0.1, 0.15) is 20.3 Å². The van der Waals surface area contributed by atoms with Crippen LogP contribution in [0.4, 0.5) is 16.2 Å². The van der Waals surface area contributed by atoms with Gasteiger partial charge in [-0.1, -0.05) is 18.5 Å². The van der Waals surface area contributed by atoms with Crippen molar-refractivity contribution >= 4 is 29.0 Å². The number of amides is 2. The number of aliphatic hydroxyl groups is 1. The molecule has 1 fully saturated rings. The molecular formula is C17H26ClN3O3. The van der Waals surface area contributed by atoms with Crippen LogP contribution in [-0.2, 0) is 4.74 Å². The van der Waals surface area contributed by atoms with Crippen LogP contribution in [-0.4, -0.2) is 50.1 Å². The van der Waals surface area contributed by atoms with Gasteiger partial charge in [-0.15, -0.1) is 0 Å². The first-order valence-corrected chi connectivity index (χ1v) is 8.68. The molecule has 2 unspecified atom stereocenters. The average molecular weight is 356 g/mol. The quantitative estimate of drug-likeness (QED) is 0.733. The lowest BCUT2D eigenvalue weighted by Gasteiger charge is -2.30. The van der Waals surface area contributed by atoms with Gasteiger partial charge in [-0.05, 0) is 37.5 Å². The van der Waals surface area contributed by atoms with Crippen molar-refractivity contribution in [2.45, 2.75) is 26.4 Å². The van der Waals surface area contributed by atoms with E-state index in [4.69, 9.17) is 16.3 Å². The molecule has 1 aliphatic rings. The van der Waals surface area contributed by atoms with E-state index in [1.165, 1.54) is 0 Å². The molecule has 6 nitrogen and oxygen atoms in total. The molecule has 2 rings (SSSR count). The maximum absolute atomic E-state index is 12.2. The van der Waals surface area contributed by atoms with Gasteiger partial charge in [0.05, 0.1) is 30.7 Å². The van der Waals surface area contributed by atoms with Crippen molar-refractivity contribution in [1.29, 1.82) is 0 Å². The molecule has 7 heteroatoms. The number of benzene rings is 1. The number of nitrogens with zero attached hydrogens (tertiary/aromatic N) is 1. The van der Waals surface area contributed by atoms with Crippen molar-refractivity contribution in [1.82, 2.24) is 5.32 Å². The highest BCUT2D eigenvalue weighted by atomic mass is 35.5. The van der Waals surface area contributed by atoms with E-state index < -0.39 is 0 Å². The summed E-state index contributed by atoms with van der Waals surface area (Å²) in [4.78, 5) is 14.4. The minimum atomic E-state index is -0.370. The van der Waals surface area contributed by atoms with E-state index in [2.05, 4.69) is 15.5 Å². The number of carbonyl (C=O) groups excluding carboxylic acids is 1. The van der Waals surface area contributed by atoms with Gasteiger partial charge in [0.25, 0.3) is 0 Å². The Morgan fingerprint density at radius 3 is 2.75 bits per heavy atom. The Hall–Kier alpha value is -1.50. The molecule has 1 aromatic rings. The molecule has 1 heterocycles. The normalized spacial score (nSPS) is 17.2. The number of hydrogen-bond acceptors (Lipinski definition) is 4. The SMILES string of the molecule is CC(O)CC(C)CNC(=O)Nc1cc(Cl)ccc1N1CCOCC1. The molecule has 0 saturated carbocycles. The van der Waals surface area contributed by atoms with Crippen LogP contribution in [0.3, 0.4) is 0 Å². The molecule has 24 heavy (non-hydrogen) atoms. The molecule has 3 N–H and O–H groups in total. The zero-order chi connectivity index (χ0) is 17.5. The third kappa shape index (κ3) is 5.85. The number of nitrogens with one attached hydrogen (secondary N) is 2. The van der Waals surface area contributed by atoms with E-state index >= 15 is 0 Å². The Kier molecular flexibility index (Phi) is 7.15. The number of aliphatic hydroxyl groups excluding tert-OH is 1. The van der Waals surface area contributed by atoms with Crippen LogP contribution in [0, 0.1) is 5.92 Å². The van der Waals surface area contributed by atoms with Gasteiger partial charge in [0, 0.05) is 24.7 Å². The lowest BCUT2D eigenvalue weighted by Crippen LogP contribution is -2.37. The van der Waals surface area contributed by atoms with Gasteiger partial charge in [-0.2, -0.15) is 0 Å². The molecule has 2 amide bonds. The van der Waals surface area contributed by atoms with Crippen molar-refractivity contribution in [3.63, 3.8) is 0 Å². The van der Waals surface area contributed by atoms with Crippen LogP contribution in [0.5, 0.6) is 0 Å². The van der Waals surface area contributed by atoms with Crippen molar-refractivity contribution < 1.29 is 14.6 Å². The lowest BCUT2D eigenvalue weighted by molar-refractivity contribution is 0.123. The third-order valence-corrected chi connectivity index (χ3v) is 4.15. The fraction of sp³-hybridized carbons (Fsp3) is 0.588. The van der Waals surface area contributed by atoms with E-state index in [0.717, 1.165) is 18.8 Å². The molecule has 1 aromatic carbocycles. The number of anilines is 2. The van der Waals surface area contributed by atoms with Crippen molar-refractivity contribution in [3.8, 4) is 0 Å². The number of carbonyl (C=O) groups is 1. The summed E-state index contributed by atoms with van der Waals surface area (Å²) in [7, 11) is 0. The highest BCUT2D eigenvalue weighted by Gasteiger charge is 2.17. The van der Waals surface area contributed by atoms with E-state index in [9.17, 15) is 9.90 Å². The fourth-order valence-corrected chi connectivity index (χ4v) is 2.96. The maximum Gasteiger partial charge on any atom is 0.319 e. The number of hydrogen-bond donors (Lipinski definition) is 3. The Balaban J connectivity index is 1.97. The summed E-state index contributed by atoms with van der Waals surface area (Å²) in [6, 6.07) is 5.22. The summed E-state index contributed by atoms with van der Waals surface area (Å²) in [5.41, 5.74) is 1.62. The molecule has 0 aliphatic carbocycles. The largest absolute Gasteiger partial charge is 0.393 e. The predicted octanol–water partition coefficient (Wildman–Crippen LogP) is 2.71. The van der Waals surface area contributed by atoms with Crippen molar-refractivity contribution in [2.75, 3.05) is 43.1 Å². The molecule has 0 spiro atoms. The van der Waals surface area contributed by atoms with Gasteiger partial charge < -0.3 is 25.4 Å². The minimum Gasteiger partial charge on any atom is -0.393 e. The second-order valence-corrected chi connectivity index (χ2v) is 6.72. The molecule has 134 valence electrons. The molecule has 1 saturated heterocycles. The average Bonchev–Trinajstić information content (AvgIpc) is 2.53. The lowest BCUT2D eigenvalue weighted by atomic mass is 10.1. The molecule has 0 radical (unpaired) electrons. The zero-order valence-electron chi connectivity index (χ0n) is 14.2. The molecule has 0 bridgehead atoms. The summed E-state index contributed by atoms with van der Waals surface area (Å²) in [6.45, 7) is 7.15. The maximum atomic E-state index is 12.2. The van der Waals surface area contributed by atoms with E-state index in [-0.39, 0.29) is 18.1 Å². The smallest absolute Gasteiger partial charge is 0.319 e. The van der Waals surface area contributed by atoms with Gasteiger partial charge in [-0.3, -0.25) is 0 Å². The van der Waals surface area contributed by atoms with Crippen LogP contribution in [0.25, 0.3) is 0 Å². The van der Waals surface area contributed by atoms with Gasteiger partial charge in [0.15, 0.2) is 0 Å². The highest BCUT2D eigenvalue weighted by molar-refractivity contribution is 6.31. The van der Waals surface area contributed by atoms with Gasteiger partial charge >= 0.3 is 6.03 Å². The van der Waals surface area contributed by atoms with E-state index in [1.54, 1.807) is 13.0 Å². The van der Waals surface area contributed by atoms with Crippen LogP contribution < -0.4 is 15.5 Å². The minimum absolute atomic E-state index is 0.203.